The van der Waals surface area contributed by atoms with Crippen molar-refractivity contribution in [3.63, 3.8) is 0 Å². The molecule has 1 rings (SSSR count). The normalized spacial score (nSPS) is 11.6. The van der Waals surface area contributed by atoms with E-state index in [0.717, 1.165) is 18.4 Å². The van der Waals surface area contributed by atoms with Crippen molar-refractivity contribution in [1.29, 1.82) is 0 Å². The van der Waals surface area contributed by atoms with Gasteiger partial charge in [-0.05, 0) is 42.0 Å². The van der Waals surface area contributed by atoms with Gasteiger partial charge in [-0.2, -0.15) is 0 Å². The number of rotatable bonds is 8. The fraction of sp³-hybridized carbons (Fsp3) is 0.438. The number of benzene rings is 1. The monoisotopic (exact) mass is 306 g/mol. The molecule has 0 saturated carbocycles. The van der Waals surface area contributed by atoms with Gasteiger partial charge in [0.05, 0.1) is 4.92 Å². The smallest absolute Gasteiger partial charge is 0.269 e. The Morgan fingerprint density at radius 1 is 1.36 bits per heavy atom. The van der Waals surface area contributed by atoms with Crippen molar-refractivity contribution in [2.75, 3.05) is 13.2 Å². The van der Waals surface area contributed by atoms with Crippen LogP contribution >= 0.6 is 0 Å². The van der Waals surface area contributed by atoms with E-state index in [0.29, 0.717) is 6.54 Å². The fourth-order valence-electron chi connectivity index (χ4n) is 1.80. The molecule has 6 nitrogen and oxygen atoms in total. The lowest BCUT2D eigenvalue weighted by Gasteiger charge is -2.20. The van der Waals surface area contributed by atoms with Gasteiger partial charge >= 0.3 is 0 Å². The molecular formula is C16H22N2O4. The molecule has 0 saturated heterocycles. The zero-order valence-electron chi connectivity index (χ0n) is 12.9. The topological polar surface area (TPSA) is 92.5 Å². The van der Waals surface area contributed by atoms with Gasteiger partial charge in [0.15, 0.2) is 0 Å². The van der Waals surface area contributed by atoms with E-state index in [-0.39, 0.29) is 23.6 Å². The van der Waals surface area contributed by atoms with E-state index in [9.17, 15) is 14.9 Å². The molecule has 0 heterocycles. The molecule has 0 atom stereocenters. The van der Waals surface area contributed by atoms with E-state index in [1.54, 1.807) is 18.2 Å². The van der Waals surface area contributed by atoms with Crippen LogP contribution in [-0.2, 0) is 4.79 Å². The van der Waals surface area contributed by atoms with Crippen molar-refractivity contribution >= 4 is 17.7 Å². The minimum Gasteiger partial charge on any atom is -0.396 e. The number of carbonyl (C=O) groups excluding carboxylic acids is 1. The number of aliphatic hydroxyl groups excluding tert-OH is 1. The van der Waals surface area contributed by atoms with E-state index in [4.69, 9.17) is 5.11 Å². The molecule has 0 spiro atoms. The summed E-state index contributed by atoms with van der Waals surface area (Å²) in [5.74, 6) is -0.208. The first-order valence-corrected chi connectivity index (χ1v) is 7.15. The maximum Gasteiger partial charge on any atom is 0.269 e. The van der Waals surface area contributed by atoms with E-state index in [1.807, 2.05) is 13.8 Å². The second kappa shape index (κ2) is 8.29. The van der Waals surface area contributed by atoms with Crippen LogP contribution in [-0.4, -0.2) is 29.1 Å². The van der Waals surface area contributed by atoms with Crippen LogP contribution in [0.2, 0.25) is 0 Å². The van der Waals surface area contributed by atoms with E-state index in [2.05, 4.69) is 5.32 Å². The van der Waals surface area contributed by atoms with Crippen molar-refractivity contribution in [2.24, 2.45) is 5.41 Å². The summed E-state index contributed by atoms with van der Waals surface area (Å²) in [7, 11) is 0. The largest absolute Gasteiger partial charge is 0.396 e. The lowest BCUT2D eigenvalue weighted by atomic mass is 9.89. The molecule has 120 valence electrons. The van der Waals surface area contributed by atoms with Crippen LogP contribution in [0.1, 0.15) is 32.3 Å². The number of aliphatic hydroxyl groups is 1. The second-order valence-electron chi connectivity index (χ2n) is 5.90. The molecule has 0 aliphatic carbocycles. The maximum atomic E-state index is 11.6. The molecule has 0 aliphatic heterocycles. The zero-order chi connectivity index (χ0) is 16.6. The molecule has 6 heteroatoms. The van der Waals surface area contributed by atoms with Crippen LogP contribution in [0.3, 0.4) is 0 Å². The predicted octanol–water partition coefficient (Wildman–Crippen LogP) is 2.52. The molecular weight excluding hydrogens is 284 g/mol. The molecule has 0 fully saturated rings. The Morgan fingerprint density at radius 2 is 2.00 bits per heavy atom. The van der Waals surface area contributed by atoms with Crippen molar-refractivity contribution in [1.82, 2.24) is 5.32 Å². The van der Waals surface area contributed by atoms with Crippen LogP contribution in [0, 0.1) is 15.5 Å². The molecule has 1 aromatic carbocycles. The third kappa shape index (κ3) is 6.49. The number of nitro benzene ring substituents is 1. The van der Waals surface area contributed by atoms with Crippen molar-refractivity contribution in [3.8, 4) is 0 Å². The number of non-ortho nitro benzene ring substituents is 1. The number of amides is 1. The summed E-state index contributed by atoms with van der Waals surface area (Å²) in [5.41, 5.74) is 0.620. The van der Waals surface area contributed by atoms with Gasteiger partial charge in [-0.25, -0.2) is 0 Å². The summed E-state index contributed by atoms with van der Waals surface area (Å²) in [6.07, 6.45) is 4.63. The zero-order valence-corrected chi connectivity index (χ0v) is 12.9. The predicted molar refractivity (Wildman–Crippen MR) is 85.2 cm³/mol. The van der Waals surface area contributed by atoms with Crippen LogP contribution in [0.25, 0.3) is 6.08 Å². The minimum atomic E-state index is -0.464. The highest BCUT2D eigenvalue weighted by atomic mass is 16.6. The van der Waals surface area contributed by atoms with Crippen LogP contribution < -0.4 is 5.32 Å². The summed E-state index contributed by atoms with van der Waals surface area (Å²) >= 11 is 0. The van der Waals surface area contributed by atoms with Gasteiger partial charge in [0.2, 0.25) is 5.91 Å². The van der Waals surface area contributed by atoms with Gasteiger partial charge in [-0.3, -0.25) is 14.9 Å². The first kappa shape index (κ1) is 17.8. The lowest BCUT2D eigenvalue weighted by molar-refractivity contribution is -0.384. The molecule has 1 aromatic rings. The quantitative estimate of drug-likeness (QED) is 0.334. The number of nitrogens with one attached hydrogen (secondary N) is 1. The first-order chi connectivity index (χ1) is 10.3. The van der Waals surface area contributed by atoms with Crippen LogP contribution in [0.4, 0.5) is 5.69 Å². The summed E-state index contributed by atoms with van der Waals surface area (Å²) in [6.45, 7) is 4.63. The Morgan fingerprint density at radius 3 is 2.55 bits per heavy atom. The maximum absolute atomic E-state index is 11.6. The third-order valence-corrected chi connectivity index (χ3v) is 3.29. The molecule has 0 aliphatic rings. The molecule has 0 unspecified atom stereocenters. The molecule has 0 radical (unpaired) electrons. The van der Waals surface area contributed by atoms with Gasteiger partial charge in [0, 0.05) is 31.4 Å². The Labute approximate surface area is 130 Å². The van der Waals surface area contributed by atoms with Crippen molar-refractivity contribution < 1.29 is 14.8 Å². The van der Waals surface area contributed by atoms with Gasteiger partial charge in [0.1, 0.15) is 0 Å². The molecule has 1 amide bonds. The van der Waals surface area contributed by atoms with Gasteiger partial charge in [-0.15, -0.1) is 0 Å². The number of carbonyl (C=O) groups is 1. The molecule has 22 heavy (non-hydrogen) atoms. The van der Waals surface area contributed by atoms with E-state index < -0.39 is 4.92 Å². The highest BCUT2D eigenvalue weighted by molar-refractivity contribution is 5.91. The summed E-state index contributed by atoms with van der Waals surface area (Å²) in [5, 5.41) is 22.4. The first-order valence-electron chi connectivity index (χ1n) is 7.15. The summed E-state index contributed by atoms with van der Waals surface area (Å²) in [4.78, 5) is 21.7. The molecule has 2 N–H and O–H groups in total. The van der Waals surface area contributed by atoms with E-state index in [1.165, 1.54) is 18.2 Å². The summed E-state index contributed by atoms with van der Waals surface area (Å²) in [6, 6.07) is 5.97. The Balaban J connectivity index is 2.37. The standard InChI is InChI=1S/C16H22N2O4/c1-16(2,12-19)10-3-11-17-15(20)9-6-13-4-7-14(8-5-13)18(21)22/h4-9,19H,3,10-12H2,1-2H3,(H,17,20)/b9-6+. The fourth-order valence-corrected chi connectivity index (χ4v) is 1.80. The number of nitrogens with zero attached hydrogens (tertiary/aromatic N) is 1. The van der Waals surface area contributed by atoms with Crippen LogP contribution in [0.15, 0.2) is 30.3 Å². The number of hydrogen-bond acceptors (Lipinski definition) is 4. The minimum absolute atomic E-state index is 0.0214. The molecule has 0 bridgehead atoms. The Hall–Kier alpha value is -2.21. The highest BCUT2D eigenvalue weighted by Crippen LogP contribution is 2.20. The SMILES string of the molecule is CC(C)(CO)CCCNC(=O)/C=C/c1ccc([N+](=O)[O-])cc1. The highest BCUT2D eigenvalue weighted by Gasteiger charge is 2.15. The average Bonchev–Trinajstić information content (AvgIpc) is 2.50. The van der Waals surface area contributed by atoms with E-state index >= 15 is 0 Å². The lowest BCUT2D eigenvalue weighted by Crippen LogP contribution is -2.24. The van der Waals surface area contributed by atoms with Crippen molar-refractivity contribution in [2.45, 2.75) is 26.7 Å². The Kier molecular flexibility index (Phi) is 6.72. The van der Waals surface area contributed by atoms with Gasteiger partial charge in [0.25, 0.3) is 5.69 Å². The third-order valence-electron chi connectivity index (χ3n) is 3.29. The summed E-state index contributed by atoms with van der Waals surface area (Å²) < 4.78 is 0. The van der Waals surface area contributed by atoms with Crippen LogP contribution in [0.5, 0.6) is 0 Å². The molecule has 0 aromatic heterocycles. The van der Waals surface area contributed by atoms with Gasteiger partial charge in [-0.1, -0.05) is 13.8 Å². The van der Waals surface area contributed by atoms with Gasteiger partial charge < -0.3 is 10.4 Å². The Bertz CT molecular complexity index is 536. The van der Waals surface area contributed by atoms with Crippen molar-refractivity contribution in [3.05, 3.63) is 46.0 Å². The number of hydrogen-bond donors (Lipinski definition) is 2. The number of nitro groups is 1. The second-order valence-corrected chi connectivity index (χ2v) is 5.90. The average molecular weight is 306 g/mol.